The van der Waals surface area contributed by atoms with E-state index in [4.69, 9.17) is 0 Å². The molecule has 4 rings (SSSR count). The molecule has 4 aliphatic rings. The Kier molecular flexibility index (Phi) is 10.5. The summed E-state index contributed by atoms with van der Waals surface area (Å²) in [6.45, 7) is 10.6. The highest BCUT2D eigenvalue weighted by molar-refractivity contribution is 6.02. The van der Waals surface area contributed by atoms with Gasteiger partial charge in [-0.3, -0.25) is 14.4 Å². The topological polar surface area (TPSA) is 54.5 Å². The monoisotopic (exact) mass is 419 g/mol. The molecule has 0 spiro atoms. The molecule has 172 valence electrons. The van der Waals surface area contributed by atoms with Crippen LogP contribution in [0.3, 0.4) is 0 Å². The number of likely N-dealkylation sites (tertiary alicyclic amines) is 1. The average molecular weight is 420 g/mol. The largest absolute Gasteiger partial charge is 0.375 e. The summed E-state index contributed by atoms with van der Waals surface area (Å²) in [5.41, 5.74) is 1.37. The molecule has 0 aromatic heterocycles. The lowest BCUT2D eigenvalue weighted by molar-refractivity contribution is -0.133. The highest BCUT2D eigenvalue weighted by Gasteiger charge is 2.31. The van der Waals surface area contributed by atoms with Crippen molar-refractivity contribution in [3.05, 3.63) is 11.8 Å². The minimum Gasteiger partial charge on any atom is -0.375 e. The maximum atomic E-state index is 11.5. The lowest BCUT2D eigenvalue weighted by Gasteiger charge is -2.33. The SMILES string of the molecule is C.C1CCCC1.CC1(C)CC(=O)C=C(N2CCCC2)C1.CC1(C)CC(=O)CC(=O)C1. The van der Waals surface area contributed by atoms with Crippen LogP contribution in [0.1, 0.15) is 112 Å². The Morgan fingerprint density at radius 1 is 0.667 bits per heavy atom. The summed E-state index contributed by atoms with van der Waals surface area (Å²) in [5.74, 6) is 0.505. The van der Waals surface area contributed by atoms with Crippen molar-refractivity contribution in [2.24, 2.45) is 10.8 Å². The van der Waals surface area contributed by atoms with E-state index >= 15 is 0 Å². The second-order valence-corrected chi connectivity index (χ2v) is 10.9. The molecule has 1 aliphatic heterocycles. The minimum absolute atomic E-state index is 0. The maximum absolute atomic E-state index is 11.5. The van der Waals surface area contributed by atoms with Crippen molar-refractivity contribution in [3.8, 4) is 0 Å². The first-order chi connectivity index (χ1) is 13.6. The third kappa shape index (κ3) is 9.57. The molecule has 0 amide bonds. The fraction of sp³-hybridized carbons (Fsp3) is 0.808. The smallest absolute Gasteiger partial charge is 0.157 e. The van der Waals surface area contributed by atoms with Crippen LogP contribution in [0.15, 0.2) is 11.8 Å². The van der Waals surface area contributed by atoms with E-state index in [0.29, 0.717) is 25.0 Å². The third-order valence-corrected chi connectivity index (χ3v) is 6.15. The average Bonchev–Trinajstić information content (AvgIpc) is 3.28. The molecule has 3 fully saturated rings. The summed E-state index contributed by atoms with van der Waals surface area (Å²) in [6.07, 6.45) is 15.0. The van der Waals surface area contributed by atoms with Gasteiger partial charge in [-0.2, -0.15) is 0 Å². The number of rotatable bonds is 1. The Hall–Kier alpha value is -1.45. The number of hydrogen-bond donors (Lipinski definition) is 0. The standard InChI is InChI=1S/C12H19NO.C8H12O2.C5H10.CH4/c1-12(2)8-10(7-11(14)9-12)13-5-3-4-6-13;1-8(2)4-6(9)3-7(10)5-8;1-2-4-5-3-1;/h7H,3-6,8-9H2,1-2H3;3-5H2,1-2H3;1-5H2;1H4. The van der Waals surface area contributed by atoms with Gasteiger partial charge < -0.3 is 4.90 Å². The molecule has 2 saturated carbocycles. The van der Waals surface area contributed by atoms with Crippen molar-refractivity contribution in [3.63, 3.8) is 0 Å². The number of hydrogen-bond acceptors (Lipinski definition) is 4. The van der Waals surface area contributed by atoms with E-state index in [1.165, 1.54) is 50.6 Å². The Labute approximate surface area is 184 Å². The number of allylic oxidation sites excluding steroid dienone is 2. The quantitative estimate of drug-likeness (QED) is 0.470. The predicted molar refractivity (Wildman–Crippen MR) is 124 cm³/mol. The molecule has 0 aromatic rings. The van der Waals surface area contributed by atoms with Crippen molar-refractivity contribution in [1.29, 1.82) is 0 Å². The van der Waals surface area contributed by atoms with E-state index in [9.17, 15) is 14.4 Å². The Morgan fingerprint density at radius 2 is 1.10 bits per heavy atom. The first-order valence-electron chi connectivity index (χ1n) is 11.6. The van der Waals surface area contributed by atoms with Crippen molar-refractivity contribution in [2.75, 3.05) is 13.1 Å². The highest BCUT2D eigenvalue weighted by atomic mass is 16.1. The summed E-state index contributed by atoms with van der Waals surface area (Å²) in [7, 11) is 0. The molecule has 1 heterocycles. The van der Waals surface area contributed by atoms with Crippen LogP contribution in [-0.4, -0.2) is 35.3 Å². The van der Waals surface area contributed by atoms with Crippen molar-refractivity contribution in [1.82, 2.24) is 4.90 Å². The van der Waals surface area contributed by atoms with Gasteiger partial charge in [0.2, 0.25) is 0 Å². The summed E-state index contributed by atoms with van der Waals surface area (Å²) in [6, 6.07) is 0. The van der Waals surface area contributed by atoms with Crippen molar-refractivity contribution in [2.45, 2.75) is 112 Å². The molecule has 0 radical (unpaired) electrons. The van der Waals surface area contributed by atoms with Crippen LogP contribution in [0, 0.1) is 10.8 Å². The molecule has 0 aromatic carbocycles. The van der Waals surface area contributed by atoms with Crippen LogP contribution in [0.25, 0.3) is 0 Å². The summed E-state index contributed by atoms with van der Waals surface area (Å²) in [4.78, 5) is 35.7. The lowest BCUT2D eigenvalue weighted by Crippen LogP contribution is -2.29. The molecule has 3 aliphatic carbocycles. The van der Waals surface area contributed by atoms with Gasteiger partial charge in [0.15, 0.2) is 5.78 Å². The Bertz CT molecular complexity index is 595. The molecular formula is C26H45NO3. The molecule has 1 saturated heterocycles. The summed E-state index contributed by atoms with van der Waals surface area (Å²) < 4.78 is 0. The second kappa shape index (κ2) is 11.8. The molecule has 0 bridgehead atoms. The third-order valence-electron chi connectivity index (χ3n) is 6.15. The molecule has 4 heteroatoms. The van der Waals surface area contributed by atoms with Gasteiger partial charge in [0.05, 0.1) is 6.42 Å². The van der Waals surface area contributed by atoms with Crippen LogP contribution >= 0.6 is 0 Å². The Balaban J connectivity index is 0.000000246. The van der Waals surface area contributed by atoms with Gasteiger partial charge in [0, 0.05) is 44.1 Å². The number of Topliss-reactive ketones (excluding diaryl/α,β-unsaturated/α-hetero) is 2. The lowest BCUT2D eigenvalue weighted by atomic mass is 9.76. The number of carbonyl (C=O) groups is 3. The zero-order chi connectivity index (χ0) is 21.5. The predicted octanol–water partition coefficient (Wildman–Crippen LogP) is 6.28. The molecule has 4 nitrogen and oxygen atoms in total. The van der Waals surface area contributed by atoms with E-state index in [0.717, 1.165) is 19.5 Å². The van der Waals surface area contributed by atoms with E-state index in [2.05, 4.69) is 18.7 Å². The first-order valence-corrected chi connectivity index (χ1v) is 11.6. The Morgan fingerprint density at radius 3 is 1.50 bits per heavy atom. The van der Waals surface area contributed by atoms with Crippen LogP contribution in [0.5, 0.6) is 0 Å². The molecule has 0 N–H and O–H groups in total. The van der Waals surface area contributed by atoms with Crippen molar-refractivity contribution < 1.29 is 14.4 Å². The van der Waals surface area contributed by atoms with Gasteiger partial charge in [-0.05, 0) is 30.1 Å². The van der Waals surface area contributed by atoms with Crippen LogP contribution in [0.2, 0.25) is 0 Å². The highest BCUT2D eigenvalue weighted by Crippen LogP contribution is 2.36. The zero-order valence-corrected chi connectivity index (χ0v) is 19.1. The van der Waals surface area contributed by atoms with E-state index < -0.39 is 0 Å². The molecular weight excluding hydrogens is 374 g/mol. The number of ketones is 3. The fourth-order valence-corrected chi connectivity index (χ4v) is 4.88. The fourth-order valence-electron chi connectivity index (χ4n) is 4.88. The van der Waals surface area contributed by atoms with Crippen LogP contribution in [0.4, 0.5) is 0 Å². The summed E-state index contributed by atoms with van der Waals surface area (Å²) in [5, 5.41) is 0. The zero-order valence-electron chi connectivity index (χ0n) is 19.1. The van der Waals surface area contributed by atoms with Gasteiger partial charge in [-0.1, -0.05) is 67.2 Å². The van der Waals surface area contributed by atoms with E-state index in [1.54, 1.807) is 0 Å². The van der Waals surface area contributed by atoms with Gasteiger partial charge >= 0.3 is 0 Å². The molecule has 30 heavy (non-hydrogen) atoms. The van der Waals surface area contributed by atoms with Crippen molar-refractivity contribution >= 4 is 17.3 Å². The maximum Gasteiger partial charge on any atom is 0.157 e. The van der Waals surface area contributed by atoms with Gasteiger partial charge in [-0.15, -0.1) is 0 Å². The molecule has 0 unspecified atom stereocenters. The second-order valence-electron chi connectivity index (χ2n) is 10.9. The summed E-state index contributed by atoms with van der Waals surface area (Å²) >= 11 is 0. The van der Waals surface area contributed by atoms with Gasteiger partial charge in [0.25, 0.3) is 0 Å². The number of carbonyl (C=O) groups excluding carboxylic acids is 3. The minimum atomic E-state index is -0.0770. The number of nitrogens with zero attached hydrogens (tertiary/aromatic N) is 1. The van der Waals surface area contributed by atoms with E-state index in [1.807, 2.05) is 19.9 Å². The normalized spacial score (nSPS) is 24.7. The van der Waals surface area contributed by atoms with Crippen LogP contribution in [-0.2, 0) is 14.4 Å². The molecule has 0 atom stereocenters. The van der Waals surface area contributed by atoms with Crippen LogP contribution < -0.4 is 0 Å². The van der Waals surface area contributed by atoms with E-state index in [-0.39, 0.29) is 36.2 Å². The van der Waals surface area contributed by atoms with Gasteiger partial charge in [0.1, 0.15) is 11.6 Å². The van der Waals surface area contributed by atoms with Gasteiger partial charge in [-0.25, -0.2) is 0 Å². The first kappa shape index (κ1) is 26.6.